The predicted octanol–water partition coefficient (Wildman–Crippen LogP) is 1.88. The van der Waals surface area contributed by atoms with E-state index in [1.54, 1.807) is 0 Å². The van der Waals surface area contributed by atoms with Gasteiger partial charge in [-0.2, -0.15) is 0 Å². The van der Waals surface area contributed by atoms with Gasteiger partial charge in [0.05, 0.1) is 0 Å². The number of anilines is 1. The molecule has 2 amide bonds. The van der Waals surface area contributed by atoms with Gasteiger partial charge in [0.15, 0.2) is 0 Å². The van der Waals surface area contributed by atoms with Gasteiger partial charge in [-0.3, -0.25) is 9.59 Å². The van der Waals surface area contributed by atoms with Crippen molar-refractivity contribution >= 4 is 17.5 Å². The van der Waals surface area contributed by atoms with Crippen LogP contribution in [-0.4, -0.2) is 24.9 Å². The zero-order chi connectivity index (χ0) is 13.7. The standard InChI is InChI=1S/C15H20N2O2/c1-2-14(18)16-10-5-8-15(19)17-11-9-12-6-3-4-7-13(12)17/h3-4,6-7H,2,5,8-11H2,1H3,(H,16,18). The van der Waals surface area contributed by atoms with Crippen molar-refractivity contribution < 1.29 is 9.59 Å². The van der Waals surface area contributed by atoms with E-state index < -0.39 is 0 Å². The van der Waals surface area contributed by atoms with Gasteiger partial charge in [-0.15, -0.1) is 0 Å². The summed E-state index contributed by atoms with van der Waals surface area (Å²) in [5.74, 6) is 0.190. The van der Waals surface area contributed by atoms with Crippen LogP contribution in [0.15, 0.2) is 24.3 Å². The Bertz CT molecular complexity index is 471. The molecule has 19 heavy (non-hydrogen) atoms. The first kappa shape index (κ1) is 13.6. The van der Waals surface area contributed by atoms with E-state index in [0.29, 0.717) is 25.8 Å². The summed E-state index contributed by atoms with van der Waals surface area (Å²) < 4.78 is 0. The average Bonchev–Trinajstić information content (AvgIpc) is 2.87. The molecule has 0 bridgehead atoms. The van der Waals surface area contributed by atoms with Gasteiger partial charge in [0.1, 0.15) is 0 Å². The van der Waals surface area contributed by atoms with E-state index in [9.17, 15) is 9.59 Å². The molecular formula is C15H20N2O2. The van der Waals surface area contributed by atoms with Gasteiger partial charge in [0, 0.05) is 31.6 Å². The van der Waals surface area contributed by atoms with Crippen LogP contribution in [0, 0.1) is 0 Å². The van der Waals surface area contributed by atoms with Gasteiger partial charge < -0.3 is 10.2 Å². The van der Waals surface area contributed by atoms with E-state index in [1.807, 2.05) is 30.0 Å². The molecule has 4 heteroatoms. The third-order valence-corrected chi connectivity index (χ3v) is 3.40. The van der Waals surface area contributed by atoms with Crippen molar-refractivity contribution in [3.63, 3.8) is 0 Å². The Morgan fingerprint density at radius 3 is 2.89 bits per heavy atom. The van der Waals surface area contributed by atoms with Crippen molar-refractivity contribution in [3.05, 3.63) is 29.8 Å². The molecule has 102 valence electrons. The summed E-state index contributed by atoms with van der Waals surface area (Å²) in [6.45, 7) is 3.18. The number of para-hydroxylation sites is 1. The molecule has 0 saturated carbocycles. The number of hydrogen-bond donors (Lipinski definition) is 1. The molecule has 0 atom stereocenters. The van der Waals surface area contributed by atoms with Gasteiger partial charge in [0.25, 0.3) is 0 Å². The summed E-state index contributed by atoms with van der Waals surface area (Å²) in [5, 5.41) is 2.79. The van der Waals surface area contributed by atoms with Crippen molar-refractivity contribution in [2.45, 2.75) is 32.6 Å². The minimum atomic E-state index is 0.0407. The van der Waals surface area contributed by atoms with Crippen LogP contribution in [0.3, 0.4) is 0 Å². The lowest BCUT2D eigenvalue weighted by Gasteiger charge is -2.17. The van der Waals surface area contributed by atoms with Crippen LogP contribution in [0.5, 0.6) is 0 Å². The van der Waals surface area contributed by atoms with Gasteiger partial charge in [-0.25, -0.2) is 0 Å². The van der Waals surface area contributed by atoms with Gasteiger partial charge >= 0.3 is 0 Å². The molecule has 0 saturated heterocycles. The summed E-state index contributed by atoms with van der Waals surface area (Å²) in [6, 6.07) is 8.04. The zero-order valence-corrected chi connectivity index (χ0v) is 11.3. The Kier molecular flexibility index (Phi) is 4.55. The van der Waals surface area contributed by atoms with Crippen molar-refractivity contribution in [1.29, 1.82) is 0 Å². The molecule has 2 rings (SSSR count). The highest BCUT2D eigenvalue weighted by molar-refractivity contribution is 5.95. The smallest absolute Gasteiger partial charge is 0.227 e. The summed E-state index contributed by atoms with van der Waals surface area (Å²) in [4.78, 5) is 25.1. The molecule has 1 heterocycles. The Morgan fingerprint density at radius 2 is 2.11 bits per heavy atom. The zero-order valence-electron chi connectivity index (χ0n) is 11.3. The maximum atomic E-state index is 12.1. The van der Waals surface area contributed by atoms with Crippen molar-refractivity contribution in [2.24, 2.45) is 0 Å². The van der Waals surface area contributed by atoms with E-state index in [4.69, 9.17) is 0 Å². The Hall–Kier alpha value is -1.84. The Morgan fingerprint density at radius 1 is 1.32 bits per heavy atom. The molecule has 1 aromatic rings. The fourth-order valence-electron chi connectivity index (χ4n) is 2.32. The topological polar surface area (TPSA) is 49.4 Å². The number of benzene rings is 1. The van der Waals surface area contributed by atoms with Crippen LogP contribution in [0.25, 0.3) is 0 Å². The quantitative estimate of drug-likeness (QED) is 0.822. The minimum Gasteiger partial charge on any atom is -0.356 e. The number of nitrogens with zero attached hydrogens (tertiary/aromatic N) is 1. The molecule has 1 N–H and O–H groups in total. The van der Waals surface area contributed by atoms with E-state index in [1.165, 1.54) is 5.56 Å². The molecule has 1 aromatic carbocycles. The van der Waals surface area contributed by atoms with Gasteiger partial charge in [0.2, 0.25) is 11.8 Å². The van der Waals surface area contributed by atoms with Crippen LogP contribution in [0.4, 0.5) is 5.69 Å². The first-order valence-electron chi connectivity index (χ1n) is 6.87. The van der Waals surface area contributed by atoms with Crippen LogP contribution in [0.2, 0.25) is 0 Å². The lowest BCUT2D eigenvalue weighted by molar-refractivity contribution is -0.121. The molecule has 0 aliphatic carbocycles. The van der Waals surface area contributed by atoms with Crippen LogP contribution < -0.4 is 10.2 Å². The lowest BCUT2D eigenvalue weighted by atomic mass is 10.2. The third kappa shape index (κ3) is 3.34. The van der Waals surface area contributed by atoms with Crippen molar-refractivity contribution in [3.8, 4) is 0 Å². The largest absolute Gasteiger partial charge is 0.356 e. The Balaban J connectivity index is 1.80. The van der Waals surface area contributed by atoms with Gasteiger partial charge in [-0.05, 0) is 24.5 Å². The van der Waals surface area contributed by atoms with Crippen LogP contribution in [0.1, 0.15) is 31.7 Å². The van der Waals surface area contributed by atoms with E-state index in [0.717, 1.165) is 18.7 Å². The van der Waals surface area contributed by atoms with E-state index in [2.05, 4.69) is 11.4 Å². The predicted molar refractivity (Wildman–Crippen MR) is 75.0 cm³/mol. The van der Waals surface area contributed by atoms with Crippen LogP contribution >= 0.6 is 0 Å². The van der Waals surface area contributed by atoms with Crippen molar-refractivity contribution in [2.75, 3.05) is 18.0 Å². The van der Waals surface area contributed by atoms with Crippen LogP contribution in [-0.2, 0) is 16.0 Å². The molecule has 0 spiro atoms. The maximum Gasteiger partial charge on any atom is 0.227 e. The molecule has 0 unspecified atom stereocenters. The summed E-state index contributed by atoms with van der Waals surface area (Å²) in [6.07, 6.45) is 2.61. The molecule has 0 radical (unpaired) electrons. The van der Waals surface area contributed by atoms with Gasteiger partial charge in [-0.1, -0.05) is 25.1 Å². The maximum absolute atomic E-state index is 12.1. The second kappa shape index (κ2) is 6.36. The normalized spacial score (nSPS) is 13.2. The highest BCUT2D eigenvalue weighted by Gasteiger charge is 2.23. The monoisotopic (exact) mass is 260 g/mol. The van der Waals surface area contributed by atoms with Crippen molar-refractivity contribution in [1.82, 2.24) is 5.32 Å². The number of hydrogen-bond acceptors (Lipinski definition) is 2. The third-order valence-electron chi connectivity index (χ3n) is 3.40. The number of fused-ring (bicyclic) bond motifs is 1. The average molecular weight is 260 g/mol. The summed E-state index contributed by atoms with van der Waals surface area (Å²) >= 11 is 0. The highest BCUT2D eigenvalue weighted by Crippen LogP contribution is 2.27. The number of amides is 2. The fraction of sp³-hybridized carbons (Fsp3) is 0.467. The molecular weight excluding hydrogens is 240 g/mol. The number of nitrogens with one attached hydrogen (secondary N) is 1. The van der Waals surface area contributed by atoms with E-state index in [-0.39, 0.29) is 11.8 Å². The molecule has 4 nitrogen and oxygen atoms in total. The second-order valence-electron chi connectivity index (χ2n) is 4.73. The lowest BCUT2D eigenvalue weighted by Crippen LogP contribution is -2.30. The SMILES string of the molecule is CCC(=O)NCCCC(=O)N1CCc2ccccc21. The highest BCUT2D eigenvalue weighted by atomic mass is 16.2. The fourth-order valence-corrected chi connectivity index (χ4v) is 2.32. The summed E-state index contributed by atoms with van der Waals surface area (Å²) in [5.41, 5.74) is 2.29. The molecule has 1 aliphatic heterocycles. The molecule has 0 aromatic heterocycles. The number of carbonyl (C=O) groups excluding carboxylic acids is 2. The first-order chi connectivity index (χ1) is 9.22. The molecule has 0 fully saturated rings. The first-order valence-corrected chi connectivity index (χ1v) is 6.87. The molecule has 1 aliphatic rings. The van der Waals surface area contributed by atoms with E-state index >= 15 is 0 Å². The number of rotatable bonds is 5. The minimum absolute atomic E-state index is 0.0407. The number of carbonyl (C=O) groups is 2. The second-order valence-corrected chi connectivity index (χ2v) is 4.73. The Labute approximate surface area is 113 Å². The summed E-state index contributed by atoms with van der Waals surface area (Å²) in [7, 11) is 0.